The molecule has 0 atom stereocenters. The van der Waals surface area contributed by atoms with E-state index in [1.807, 2.05) is 13.0 Å². The fraction of sp³-hybridized carbons (Fsp3) is 0.462. The van der Waals surface area contributed by atoms with Crippen molar-refractivity contribution < 1.29 is 9.53 Å². The van der Waals surface area contributed by atoms with E-state index in [0.29, 0.717) is 6.42 Å². The Labute approximate surface area is 104 Å². The van der Waals surface area contributed by atoms with Crippen LogP contribution >= 0.6 is 15.9 Å². The lowest BCUT2D eigenvalue weighted by Gasteiger charge is -2.12. The van der Waals surface area contributed by atoms with E-state index in [4.69, 9.17) is 4.74 Å². The highest BCUT2D eigenvalue weighted by Gasteiger charge is 2.18. The Morgan fingerprint density at radius 1 is 1.44 bits per heavy atom. The van der Waals surface area contributed by atoms with Crippen molar-refractivity contribution in [3.05, 3.63) is 27.7 Å². The number of hydrogen-bond donors (Lipinski definition) is 0. The molecule has 1 aromatic rings. The quantitative estimate of drug-likeness (QED) is 0.772. The fourth-order valence-electron chi connectivity index (χ4n) is 2.00. The van der Waals surface area contributed by atoms with Crippen LogP contribution in [-0.2, 0) is 6.42 Å². The largest absolute Gasteiger partial charge is 0.493 e. The predicted octanol–water partition coefficient (Wildman–Crippen LogP) is 3.76. The van der Waals surface area contributed by atoms with Crippen molar-refractivity contribution in [1.29, 1.82) is 0 Å². The Morgan fingerprint density at radius 2 is 2.25 bits per heavy atom. The number of carbonyl (C=O) groups is 1. The van der Waals surface area contributed by atoms with Crippen molar-refractivity contribution in [2.75, 3.05) is 6.61 Å². The zero-order chi connectivity index (χ0) is 11.5. The van der Waals surface area contributed by atoms with Gasteiger partial charge >= 0.3 is 0 Å². The lowest BCUT2D eigenvalue weighted by Crippen LogP contribution is -2.04. The van der Waals surface area contributed by atoms with E-state index in [1.54, 1.807) is 0 Å². The molecule has 0 radical (unpaired) electrons. The first-order chi connectivity index (χ1) is 7.72. The molecule has 0 saturated heterocycles. The van der Waals surface area contributed by atoms with E-state index >= 15 is 0 Å². The summed E-state index contributed by atoms with van der Waals surface area (Å²) in [5.41, 5.74) is 1.89. The van der Waals surface area contributed by atoms with Crippen LogP contribution in [0.15, 0.2) is 16.6 Å². The Kier molecular flexibility index (Phi) is 3.64. The summed E-state index contributed by atoms with van der Waals surface area (Å²) in [5.74, 6) is 0.965. The molecule has 0 aliphatic carbocycles. The topological polar surface area (TPSA) is 26.3 Å². The molecule has 0 N–H and O–H groups in total. The second kappa shape index (κ2) is 5.00. The summed E-state index contributed by atoms with van der Waals surface area (Å²) in [5, 5.41) is 0. The number of carbonyl (C=O) groups excluding carboxylic acids is 1. The maximum absolute atomic E-state index is 11.8. The standard InChI is InChI=1S/C13H15BrO2/c1-2-12(15)11-8-10(14)7-9-5-3-4-6-16-13(9)11/h7-8H,2-6H2,1H3. The van der Waals surface area contributed by atoms with Crippen molar-refractivity contribution >= 4 is 21.7 Å². The fourth-order valence-corrected chi connectivity index (χ4v) is 2.50. The summed E-state index contributed by atoms with van der Waals surface area (Å²) in [6.07, 6.45) is 3.71. The number of aryl methyl sites for hydroxylation is 1. The molecule has 1 aliphatic rings. The SMILES string of the molecule is CCC(=O)c1cc(Br)cc2c1OCCCC2. The van der Waals surface area contributed by atoms with Crippen molar-refractivity contribution in [2.45, 2.75) is 32.6 Å². The molecule has 0 spiro atoms. The van der Waals surface area contributed by atoms with Gasteiger partial charge in [-0.1, -0.05) is 22.9 Å². The molecule has 0 bridgehead atoms. The minimum atomic E-state index is 0.152. The first kappa shape index (κ1) is 11.6. The second-order valence-corrected chi connectivity index (χ2v) is 4.94. The van der Waals surface area contributed by atoms with Gasteiger partial charge in [0.25, 0.3) is 0 Å². The van der Waals surface area contributed by atoms with E-state index in [2.05, 4.69) is 22.0 Å². The van der Waals surface area contributed by atoms with Gasteiger partial charge in [0.05, 0.1) is 12.2 Å². The Hall–Kier alpha value is -0.830. The van der Waals surface area contributed by atoms with E-state index < -0.39 is 0 Å². The molecule has 3 heteroatoms. The third-order valence-electron chi connectivity index (χ3n) is 2.84. The van der Waals surface area contributed by atoms with E-state index in [0.717, 1.165) is 47.2 Å². The number of halogens is 1. The van der Waals surface area contributed by atoms with Crippen LogP contribution in [0.3, 0.4) is 0 Å². The number of hydrogen-bond acceptors (Lipinski definition) is 2. The molecular formula is C13H15BrO2. The minimum Gasteiger partial charge on any atom is -0.493 e. The number of benzene rings is 1. The van der Waals surface area contributed by atoms with Crippen LogP contribution in [0.4, 0.5) is 0 Å². The monoisotopic (exact) mass is 282 g/mol. The molecule has 1 heterocycles. The summed E-state index contributed by atoms with van der Waals surface area (Å²) in [6, 6.07) is 3.93. The lowest BCUT2D eigenvalue weighted by molar-refractivity contribution is 0.0984. The number of rotatable bonds is 2. The summed E-state index contributed by atoms with van der Waals surface area (Å²) >= 11 is 3.46. The average Bonchev–Trinajstić information content (AvgIpc) is 2.51. The molecule has 1 aromatic carbocycles. The summed E-state index contributed by atoms with van der Waals surface area (Å²) < 4.78 is 6.68. The molecule has 0 unspecified atom stereocenters. The van der Waals surface area contributed by atoms with Crippen molar-refractivity contribution in [1.82, 2.24) is 0 Å². The highest BCUT2D eigenvalue weighted by atomic mass is 79.9. The first-order valence-electron chi connectivity index (χ1n) is 5.70. The lowest BCUT2D eigenvalue weighted by atomic mass is 10.0. The smallest absolute Gasteiger partial charge is 0.166 e. The molecule has 0 saturated carbocycles. The highest BCUT2D eigenvalue weighted by Crippen LogP contribution is 2.32. The summed E-state index contributed by atoms with van der Waals surface area (Å²) in [7, 11) is 0. The summed E-state index contributed by atoms with van der Waals surface area (Å²) in [6.45, 7) is 2.60. The maximum Gasteiger partial charge on any atom is 0.166 e. The molecule has 2 nitrogen and oxygen atoms in total. The molecule has 1 aliphatic heterocycles. The highest BCUT2D eigenvalue weighted by molar-refractivity contribution is 9.10. The molecule has 16 heavy (non-hydrogen) atoms. The Balaban J connectivity index is 2.50. The van der Waals surface area contributed by atoms with Crippen molar-refractivity contribution in [3.8, 4) is 5.75 Å². The number of ketones is 1. The van der Waals surface area contributed by atoms with Crippen LogP contribution in [0.2, 0.25) is 0 Å². The third-order valence-corrected chi connectivity index (χ3v) is 3.30. The molecule has 0 amide bonds. The van der Waals surface area contributed by atoms with Gasteiger partial charge in [-0.25, -0.2) is 0 Å². The van der Waals surface area contributed by atoms with Crippen LogP contribution in [-0.4, -0.2) is 12.4 Å². The van der Waals surface area contributed by atoms with Gasteiger partial charge in [-0.15, -0.1) is 0 Å². The predicted molar refractivity (Wildman–Crippen MR) is 67.2 cm³/mol. The third kappa shape index (κ3) is 2.29. The Morgan fingerprint density at radius 3 is 3.00 bits per heavy atom. The van der Waals surface area contributed by atoms with Crippen LogP contribution in [0.1, 0.15) is 42.1 Å². The van der Waals surface area contributed by atoms with Gasteiger partial charge in [0.15, 0.2) is 5.78 Å². The van der Waals surface area contributed by atoms with Crippen LogP contribution < -0.4 is 4.74 Å². The zero-order valence-electron chi connectivity index (χ0n) is 9.38. The van der Waals surface area contributed by atoms with E-state index in [9.17, 15) is 4.79 Å². The van der Waals surface area contributed by atoms with E-state index in [1.165, 1.54) is 0 Å². The minimum absolute atomic E-state index is 0.152. The van der Waals surface area contributed by atoms with Gasteiger partial charge in [-0.05, 0) is 37.0 Å². The summed E-state index contributed by atoms with van der Waals surface area (Å²) in [4.78, 5) is 11.8. The zero-order valence-corrected chi connectivity index (χ0v) is 11.0. The molecule has 0 fully saturated rings. The van der Waals surface area contributed by atoms with Crippen molar-refractivity contribution in [2.24, 2.45) is 0 Å². The first-order valence-corrected chi connectivity index (χ1v) is 6.50. The number of fused-ring (bicyclic) bond motifs is 1. The van der Waals surface area contributed by atoms with Gasteiger partial charge in [-0.3, -0.25) is 4.79 Å². The molecular weight excluding hydrogens is 268 g/mol. The molecule has 0 aromatic heterocycles. The van der Waals surface area contributed by atoms with Crippen molar-refractivity contribution in [3.63, 3.8) is 0 Å². The normalized spacial score (nSPS) is 14.9. The average molecular weight is 283 g/mol. The number of ether oxygens (including phenoxy) is 1. The van der Waals surface area contributed by atoms with E-state index in [-0.39, 0.29) is 5.78 Å². The maximum atomic E-state index is 11.8. The molecule has 86 valence electrons. The van der Waals surface area contributed by atoms with Gasteiger partial charge in [0, 0.05) is 10.9 Å². The van der Waals surface area contributed by atoms with Gasteiger partial charge in [0.2, 0.25) is 0 Å². The van der Waals surface area contributed by atoms with Crippen LogP contribution in [0.25, 0.3) is 0 Å². The number of Topliss-reactive ketones (excluding diaryl/α,β-unsaturated/α-hetero) is 1. The Bertz CT molecular complexity index is 413. The second-order valence-electron chi connectivity index (χ2n) is 4.02. The van der Waals surface area contributed by atoms with Gasteiger partial charge < -0.3 is 4.74 Å². The van der Waals surface area contributed by atoms with Gasteiger partial charge in [-0.2, -0.15) is 0 Å². The molecule has 2 rings (SSSR count). The van der Waals surface area contributed by atoms with Gasteiger partial charge in [0.1, 0.15) is 5.75 Å². The van der Waals surface area contributed by atoms with Crippen LogP contribution in [0.5, 0.6) is 5.75 Å². The van der Waals surface area contributed by atoms with Crippen LogP contribution in [0, 0.1) is 0 Å².